The standard InChI is InChI=1S/C19H37N5OSi2/c1-18(2,3)26(9,10)24-13-20-14-15(24)21-17(23(7)8)22-16(14)25-27(11,12)19(4,5)6/h13H,1-12H3. The molecule has 0 bridgehead atoms. The summed E-state index contributed by atoms with van der Waals surface area (Å²) in [6.07, 6.45) is 1.94. The highest BCUT2D eigenvalue weighted by atomic mass is 28.4. The van der Waals surface area contributed by atoms with E-state index in [0.717, 1.165) is 11.2 Å². The number of imidazole rings is 1. The zero-order valence-corrected chi connectivity index (χ0v) is 21.2. The van der Waals surface area contributed by atoms with E-state index in [1.807, 2.05) is 25.3 Å². The highest BCUT2D eigenvalue weighted by Gasteiger charge is 2.42. The van der Waals surface area contributed by atoms with Crippen molar-refractivity contribution in [2.75, 3.05) is 19.0 Å². The third kappa shape index (κ3) is 3.92. The Labute approximate surface area is 166 Å². The second-order valence-electron chi connectivity index (χ2n) is 10.7. The maximum Gasteiger partial charge on any atom is 0.252 e. The Kier molecular flexibility index (Phi) is 5.33. The van der Waals surface area contributed by atoms with Crippen molar-refractivity contribution in [3.05, 3.63) is 6.33 Å². The van der Waals surface area contributed by atoms with Crippen LogP contribution in [-0.2, 0) is 0 Å². The normalized spacial score (nSPS) is 13.9. The maximum absolute atomic E-state index is 6.58. The van der Waals surface area contributed by atoms with Crippen LogP contribution in [-0.4, -0.2) is 49.8 Å². The van der Waals surface area contributed by atoms with Crippen LogP contribution in [0.1, 0.15) is 41.5 Å². The minimum absolute atomic E-state index is 0.0878. The van der Waals surface area contributed by atoms with Gasteiger partial charge in [-0.2, -0.15) is 9.97 Å². The van der Waals surface area contributed by atoms with Crippen molar-refractivity contribution in [1.82, 2.24) is 19.2 Å². The molecule has 0 unspecified atom stereocenters. The fourth-order valence-corrected chi connectivity index (χ4v) is 4.99. The third-order valence-corrected chi connectivity index (χ3v) is 15.9. The van der Waals surface area contributed by atoms with Crippen LogP contribution < -0.4 is 9.33 Å². The predicted octanol–water partition coefficient (Wildman–Crippen LogP) is 5.13. The summed E-state index contributed by atoms with van der Waals surface area (Å²) in [5, 5.41) is 0.259. The van der Waals surface area contributed by atoms with Crippen LogP contribution >= 0.6 is 0 Å². The first-order valence-electron chi connectivity index (χ1n) is 9.61. The van der Waals surface area contributed by atoms with E-state index in [1.54, 1.807) is 0 Å². The molecule has 0 aromatic carbocycles. The van der Waals surface area contributed by atoms with Crippen LogP contribution in [0.25, 0.3) is 11.2 Å². The average Bonchev–Trinajstić information content (AvgIpc) is 2.88. The summed E-state index contributed by atoms with van der Waals surface area (Å²) in [5.74, 6) is 1.28. The van der Waals surface area contributed by atoms with Crippen molar-refractivity contribution in [3.63, 3.8) is 0 Å². The van der Waals surface area contributed by atoms with Crippen molar-refractivity contribution in [1.29, 1.82) is 0 Å². The molecule has 6 nitrogen and oxygen atoms in total. The number of hydrogen-bond donors (Lipinski definition) is 0. The number of fused-ring (bicyclic) bond motifs is 1. The van der Waals surface area contributed by atoms with Gasteiger partial charge in [-0.3, -0.25) is 0 Å². The Balaban J connectivity index is 2.73. The maximum atomic E-state index is 6.58. The molecule has 0 amide bonds. The molecule has 0 spiro atoms. The Morgan fingerprint density at radius 2 is 1.48 bits per heavy atom. The molecule has 0 saturated heterocycles. The summed E-state index contributed by atoms with van der Waals surface area (Å²) in [5.41, 5.74) is 1.66. The predicted molar refractivity (Wildman–Crippen MR) is 120 cm³/mol. The molecule has 8 heteroatoms. The van der Waals surface area contributed by atoms with Gasteiger partial charge in [0, 0.05) is 14.1 Å². The summed E-state index contributed by atoms with van der Waals surface area (Å²) in [7, 11) is 0.0166. The Morgan fingerprint density at radius 3 is 1.93 bits per heavy atom. The lowest BCUT2D eigenvalue weighted by atomic mass is 10.2. The van der Waals surface area contributed by atoms with E-state index in [-0.39, 0.29) is 10.1 Å². The van der Waals surface area contributed by atoms with Crippen molar-refractivity contribution < 1.29 is 4.43 Å². The molecule has 2 heterocycles. The first kappa shape index (κ1) is 21.9. The Hall–Kier alpha value is -1.42. The fourth-order valence-electron chi connectivity index (χ4n) is 2.30. The molecule has 0 saturated carbocycles. The second kappa shape index (κ2) is 6.58. The van der Waals surface area contributed by atoms with Gasteiger partial charge in [-0.05, 0) is 23.2 Å². The Bertz CT molecular complexity index is 829. The van der Waals surface area contributed by atoms with Gasteiger partial charge in [-0.15, -0.1) is 0 Å². The minimum Gasteiger partial charge on any atom is -0.529 e. The van der Waals surface area contributed by atoms with Crippen LogP contribution in [0.4, 0.5) is 5.95 Å². The third-order valence-electron chi connectivity index (χ3n) is 6.35. The summed E-state index contributed by atoms with van der Waals surface area (Å²) < 4.78 is 8.88. The molecule has 0 N–H and O–H groups in total. The van der Waals surface area contributed by atoms with E-state index in [4.69, 9.17) is 19.4 Å². The van der Waals surface area contributed by atoms with Crippen LogP contribution in [0.3, 0.4) is 0 Å². The molecule has 152 valence electrons. The van der Waals surface area contributed by atoms with Gasteiger partial charge >= 0.3 is 0 Å². The topological polar surface area (TPSA) is 56.1 Å². The smallest absolute Gasteiger partial charge is 0.252 e. The molecule has 0 radical (unpaired) electrons. The summed E-state index contributed by atoms with van der Waals surface area (Å²) in [4.78, 5) is 16.2. The number of nitrogens with zero attached hydrogens (tertiary/aromatic N) is 5. The molecule has 27 heavy (non-hydrogen) atoms. The summed E-state index contributed by atoms with van der Waals surface area (Å²) in [6, 6.07) is 0. The highest BCUT2D eigenvalue weighted by molar-refractivity contribution is 6.79. The van der Waals surface area contributed by atoms with Gasteiger partial charge in [0.25, 0.3) is 8.32 Å². The fraction of sp³-hybridized carbons (Fsp3) is 0.737. The SMILES string of the molecule is CN(C)c1nc(O[Si](C)(C)C(C)(C)C)c2ncn([Si](C)(C)C(C)(C)C)c2n1. The lowest BCUT2D eigenvalue weighted by Gasteiger charge is -2.38. The van der Waals surface area contributed by atoms with Crippen LogP contribution in [0.5, 0.6) is 5.88 Å². The number of hydrogen-bond acceptors (Lipinski definition) is 5. The van der Waals surface area contributed by atoms with Gasteiger partial charge in [-0.25, -0.2) is 4.98 Å². The minimum atomic E-state index is -2.04. The van der Waals surface area contributed by atoms with Crippen LogP contribution in [0, 0.1) is 0 Å². The number of rotatable bonds is 4. The first-order chi connectivity index (χ1) is 12.0. The highest BCUT2D eigenvalue weighted by Crippen LogP contribution is 2.41. The van der Waals surface area contributed by atoms with Crippen LogP contribution in [0.15, 0.2) is 6.33 Å². The molecular weight excluding hydrogens is 370 g/mol. The van der Waals surface area contributed by atoms with E-state index in [9.17, 15) is 0 Å². The van der Waals surface area contributed by atoms with Gasteiger partial charge in [0.05, 0.1) is 6.33 Å². The number of aromatic nitrogens is 4. The van der Waals surface area contributed by atoms with E-state index < -0.39 is 16.6 Å². The summed E-state index contributed by atoms with van der Waals surface area (Å²) >= 11 is 0. The van der Waals surface area contributed by atoms with Crippen molar-refractivity contribution in [3.8, 4) is 5.88 Å². The van der Waals surface area contributed by atoms with E-state index in [0.29, 0.717) is 11.8 Å². The molecule has 2 aromatic rings. The molecule has 0 fully saturated rings. The molecule has 0 aliphatic rings. The van der Waals surface area contributed by atoms with E-state index >= 15 is 0 Å². The number of anilines is 1. The van der Waals surface area contributed by atoms with Crippen molar-refractivity contribution in [2.45, 2.75) is 77.8 Å². The van der Waals surface area contributed by atoms with Crippen LogP contribution in [0.2, 0.25) is 36.3 Å². The van der Waals surface area contributed by atoms with Gasteiger partial charge < -0.3 is 13.6 Å². The van der Waals surface area contributed by atoms with Crippen molar-refractivity contribution >= 4 is 33.7 Å². The molecule has 0 atom stereocenters. The molecule has 2 rings (SSSR count). The monoisotopic (exact) mass is 407 g/mol. The van der Waals surface area contributed by atoms with Gasteiger partial charge in [0.15, 0.2) is 19.4 Å². The lowest BCUT2D eigenvalue weighted by Crippen LogP contribution is -2.45. The molecule has 2 aromatic heterocycles. The zero-order valence-electron chi connectivity index (χ0n) is 19.2. The average molecular weight is 408 g/mol. The second-order valence-corrected chi connectivity index (χ2v) is 20.5. The van der Waals surface area contributed by atoms with Gasteiger partial charge in [-0.1, -0.05) is 54.6 Å². The van der Waals surface area contributed by atoms with Crippen molar-refractivity contribution in [2.24, 2.45) is 0 Å². The first-order valence-corrected chi connectivity index (χ1v) is 15.5. The quantitative estimate of drug-likeness (QED) is 0.658. The largest absolute Gasteiger partial charge is 0.529 e. The van der Waals surface area contributed by atoms with E-state index in [1.165, 1.54) is 0 Å². The zero-order chi connectivity index (χ0) is 21.0. The Morgan fingerprint density at radius 1 is 0.926 bits per heavy atom. The van der Waals surface area contributed by atoms with Gasteiger partial charge in [0.2, 0.25) is 11.8 Å². The molecule has 0 aliphatic heterocycles. The molecule has 0 aliphatic carbocycles. The van der Waals surface area contributed by atoms with E-state index in [2.05, 4.69) is 72.0 Å². The summed E-state index contributed by atoms with van der Waals surface area (Å²) in [6.45, 7) is 22.8. The van der Waals surface area contributed by atoms with Gasteiger partial charge in [0.1, 0.15) is 0 Å². The lowest BCUT2D eigenvalue weighted by molar-refractivity contribution is 0.480. The molecular formula is C19H37N5OSi2.